The summed E-state index contributed by atoms with van der Waals surface area (Å²) in [7, 11) is 0. The van der Waals surface area contributed by atoms with E-state index in [1.54, 1.807) is 18.2 Å². The van der Waals surface area contributed by atoms with Crippen LogP contribution in [0.3, 0.4) is 0 Å². The quantitative estimate of drug-likeness (QED) is 0.817. The molecule has 4 rings (SSSR count). The monoisotopic (exact) mass is 414 g/mol. The van der Waals surface area contributed by atoms with Crippen LogP contribution in [-0.2, 0) is 9.53 Å². The van der Waals surface area contributed by atoms with Crippen molar-refractivity contribution in [2.24, 2.45) is 0 Å². The molecule has 1 amide bonds. The molecule has 3 aliphatic rings. The minimum Gasteiger partial charge on any atom is -0.367 e. The summed E-state index contributed by atoms with van der Waals surface area (Å²) in [5.41, 5.74) is 2.90. The van der Waals surface area contributed by atoms with Crippen LogP contribution in [0.15, 0.2) is 60.7 Å². The Balaban J connectivity index is 1.63. The lowest BCUT2D eigenvalue weighted by atomic mass is 9.87. The van der Waals surface area contributed by atoms with E-state index >= 15 is 0 Å². The molecule has 3 aliphatic heterocycles. The minimum absolute atomic E-state index is 0.00221. The van der Waals surface area contributed by atoms with Crippen molar-refractivity contribution in [3.63, 3.8) is 0 Å². The summed E-state index contributed by atoms with van der Waals surface area (Å²) in [6, 6.07) is 6.36. The number of hydrogen-bond acceptors (Lipinski definition) is 4. The van der Waals surface area contributed by atoms with Crippen LogP contribution in [0.1, 0.15) is 24.4 Å². The van der Waals surface area contributed by atoms with Crippen LogP contribution in [0, 0.1) is 5.82 Å². The van der Waals surface area contributed by atoms with Crippen molar-refractivity contribution in [2.75, 3.05) is 25.4 Å². The number of halogens is 1. The smallest absolute Gasteiger partial charge is 0.252 e. The summed E-state index contributed by atoms with van der Waals surface area (Å²) < 4.78 is 19.5. The van der Waals surface area contributed by atoms with Gasteiger partial charge in [-0.1, -0.05) is 37.4 Å². The number of allylic oxidation sites excluding steroid dienone is 1. The van der Waals surface area contributed by atoms with Crippen LogP contribution in [0.2, 0.25) is 0 Å². The number of fused-ring (bicyclic) bond motifs is 1. The van der Waals surface area contributed by atoms with E-state index < -0.39 is 6.10 Å². The van der Waals surface area contributed by atoms with E-state index in [0.717, 1.165) is 35.4 Å². The van der Waals surface area contributed by atoms with E-state index in [2.05, 4.69) is 18.5 Å². The highest BCUT2D eigenvalue weighted by Gasteiger charge is 2.41. The molecule has 3 heterocycles. The zero-order valence-electron chi connectivity index (χ0n) is 16.5. The molecule has 0 bridgehead atoms. The summed E-state index contributed by atoms with van der Waals surface area (Å²) in [6.07, 6.45) is 4.58. The van der Waals surface area contributed by atoms with Gasteiger partial charge in [0.1, 0.15) is 11.9 Å². The summed E-state index contributed by atoms with van der Waals surface area (Å²) in [6.45, 7) is 10.0. The molecular formula is C23H27FN2O2S. The minimum atomic E-state index is -0.457. The van der Waals surface area contributed by atoms with Crippen molar-refractivity contribution in [3.8, 4) is 0 Å². The molecule has 4 atom stereocenters. The number of benzene rings is 1. The van der Waals surface area contributed by atoms with Crippen LogP contribution >= 0.6 is 11.8 Å². The zero-order chi connectivity index (χ0) is 20.4. The van der Waals surface area contributed by atoms with Gasteiger partial charge in [-0.25, -0.2) is 4.39 Å². The van der Waals surface area contributed by atoms with Crippen molar-refractivity contribution < 1.29 is 13.9 Å². The molecule has 154 valence electrons. The van der Waals surface area contributed by atoms with Gasteiger partial charge in [0, 0.05) is 30.1 Å². The molecule has 2 saturated heterocycles. The number of nitrogens with one attached hydrogen (secondary N) is 1. The van der Waals surface area contributed by atoms with E-state index in [1.807, 2.05) is 22.7 Å². The fourth-order valence-electron chi connectivity index (χ4n) is 4.53. The topological polar surface area (TPSA) is 41.6 Å². The molecule has 1 N–H and O–H groups in total. The Morgan fingerprint density at radius 2 is 2.07 bits per heavy atom. The number of carbonyl (C=O) groups is 1. The van der Waals surface area contributed by atoms with Crippen LogP contribution in [0.5, 0.6) is 0 Å². The first-order valence-corrected chi connectivity index (χ1v) is 11.2. The zero-order valence-corrected chi connectivity index (χ0v) is 17.3. The van der Waals surface area contributed by atoms with Crippen molar-refractivity contribution in [2.45, 2.75) is 36.3 Å². The van der Waals surface area contributed by atoms with Crippen LogP contribution in [0.25, 0.3) is 0 Å². The van der Waals surface area contributed by atoms with Crippen LogP contribution in [0.4, 0.5) is 4.39 Å². The van der Waals surface area contributed by atoms with Gasteiger partial charge in [-0.15, -0.1) is 0 Å². The van der Waals surface area contributed by atoms with Gasteiger partial charge in [0.25, 0.3) is 5.91 Å². The maximum Gasteiger partial charge on any atom is 0.252 e. The molecule has 1 aromatic rings. The van der Waals surface area contributed by atoms with Crippen LogP contribution in [-0.4, -0.2) is 53.7 Å². The molecule has 0 saturated carbocycles. The van der Waals surface area contributed by atoms with Crippen molar-refractivity contribution in [1.29, 1.82) is 0 Å². The second-order valence-corrected chi connectivity index (χ2v) is 9.00. The summed E-state index contributed by atoms with van der Waals surface area (Å²) in [4.78, 5) is 15.4. The van der Waals surface area contributed by atoms with Gasteiger partial charge in [0.15, 0.2) is 0 Å². The number of thioether (sulfide) groups is 1. The highest BCUT2D eigenvalue weighted by Crippen LogP contribution is 2.38. The summed E-state index contributed by atoms with van der Waals surface area (Å²) in [5, 5.41) is 3.96. The number of hydrogen-bond donors (Lipinski definition) is 1. The summed E-state index contributed by atoms with van der Waals surface area (Å²) >= 11 is 1.92. The molecule has 0 aliphatic carbocycles. The predicted octanol–water partition coefficient (Wildman–Crippen LogP) is 3.63. The fraction of sp³-hybridized carbons (Fsp3) is 0.435. The van der Waals surface area contributed by atoms with Gasteiger partial charge in [-0.2, -0.15) is 11.8 Å². The molecule has 0 unspecified atom stereocenters. The maximum absolute atomic E-state index is 13.5. The van der Waals surface area contributed by atoms with Crippen molar-refractivity contribution in [3.05, 3.63) is 72.1 Å². The lowest BCUT2D eigenvalue weighted by Gasteiger charge is -2.43. The van der Waals surface area contributed by atoms with Gasteiger partial charge in [0.05, 0.1) is 12.6 Å². The van der Waals surface area contributed by atoms with Gasteiger partial charge < -0.3 is 15.0 Å². The number of ether oxygens (including phenoxy) is 1. The van der Waals surface area contributed by atoms with Crippen molar-refractivity contribution in [1.82, 2.24) is 10.2 Å². The molecule has 0 spiro atoms. The third kappa shape index (κ3) is 4.06. The lowest BCUT2D eigenvalue weighted by Crippen LogP contribution is -2.56. The Morgan fingerprint density at radius 3 is 2.79 bits per heavy atom. The molecule has 4 nitrogen and oxygen atoms in total. The predicted molar refractivity (Wildman–Crippen MR) is 115 cm³/mol. The maximum atomic E-state index is 13.5. The molecule has 1 aromatic carbocycles. The van der Waals surface area contributed by atoms with E-state index in [-0.39, 0.29) is 17.8 Å². The fourth-order valence-corrected chi connectivity index (χ4v) is 5.68. The Kier molecular flexibility index (Phi) is 6.23. The third-order valence-corrected chi connectivity index (χ3v) is 7.36. The van der Waals surface area contributed by atoms with Crippen LogP contribution < -0.4 is 5.32 Å². The first kappa shape index (κ1) is 20.4. The molecule has 0 aromatic heterocycles. The van der Waals surface area contributed by atoms with E-state index in [4.69, 9.17) is 4.74 Å². The average Bonchev–Trinajstić information content (AvgIpc) is 2.77. The van der Waals surface area contributed by atoms with Crippen molar-refractivity contribution >= 4 is 17.7 Å². The molecule has 29 heavy (non-hydrogen) atoms. The standard InChI is InChI=1S/C23H27FN2O2S/c1-3-15-9-11-26(22(18(15)4-2)16-5-7-17(24)8-6-16)23(27)20-13-19-21(14-28-20)29-12-10-25-19/h3-8,19-22,25H,1-2,9-14H2/t19-,20+,21-,22-/m0/s1. The Labute approximate surface area is 175 Å². The number of amides is 1. The van der Waals surface area contributed by atoms with Gasteiger partial charge in [-0.3, -0.25) is 4.79 Å². The summed E-state index contributed by atoms with van der Waals surface area (Å²) in [5.74, 6) is 0.787. The Hall–Kier alpha value is -1.89. The van der Waals surface area contributed by atoms with E-state index in [1.165, 1.54) is 12.1 Å². The molecule has 2 fully saturated rings. The molecular weight excluding hydrogens is 387 g/mol. The molecule has 6 heteroatoms. The normalized spacial score (nSPS) is 29.9. The Bertz CT molecular complexity index is 823. The van der Waals surface area contributed by atoms with Gasteiger partial charge in [0.2, 0.25) is 0 Å². The highest BCUT2D eigenvalue weighted by molar-refractivity contribution is 8.00. The first-order chi connectivity index (χ1) is 14.1. The number of nitrogens with zero attached hydrogens (tertiary/aromatic N) is 1. The second kappa shape index (κ2) is 8.86. The second-order valence-electron chi connectivity index (χ2n) is 7.65. The van der Waals surface area contributed by atoms with Gasteiger partial charge >= 0.3 is 0 Å². The van der Waals surface area contributed by atoms with E-state index in [9.17, 15) is 9.18 Å². The van der Waals surface area contributed by atoms with E-state index in [0.29, 0.717) is 30.9 Å². The SMILES string of the molecule is C=CC1=C(C=C)[C@H](c2ccc(F)cc2)N(C(=O)[C@H]2C[C@@H]3NCCS[C@H]3CO2)CC1. The van der Waals surface area contributed by atoms with Gasteiger partial charge in [-0.05, 0) is 41.7 Å². The average molecular weight is 415 g/mol. The Morgan fingerprint density at radius 1 is 1.28 bits per heavy atom. The molecule has 0 radical (unpaired) electrons. The number of carbonyl (C=O) groups excluding carboxylic acids is 1. The third-order valence-electron chi connectivity index (χ3n) is 6.03. The lowest BCUT2D eigenvalue weighted by molar-refractivity contribution is -0.149. The first-order valence-electron chi connectivity index (χ1n) is 10.1. The largest absolute Gasteiger partial charge is 0.367 e. The number of rotatable bonds is 4. The highest BCUT2D eigenvalue weighted by atomic mass is 32.2.